The zero-order chi connectivity index (χ0) is 17.5. The maximum Gasteiger partial charge on any atom is 0.433 e. The van der Waals surface area contributed by atoms with E-state index in [4.69, 9.17) is 5.11 Å². The zero-order valence-corrected chi connectivity index (χ0v) is 11.9. The fourth-order valence-electron chi connectivity index (χ4n) is 2.08. The fraction of sp³-hybridized carbons (Fsp3) is 0.214. The minimum Gasteiger partial charge on any atom is -0.478 e. The van der Waals surface area contributed by atoms with Crippen molar-refractivity contribution in [2.75, 3.05) is 0 Å². The van der Waals surface area contributed by atoms with Gasteiger partial charge in [0, 0.05) is 18.7 Å². The molecule has 1 aromatic heterocycles. The van der Waals surface area contributed by atoms with E-state index in [1.165, 1.54) is 6.92 Å². The molecule has 0 aliphatic rings. The molecule has 122 valence electrons. The summed E-state index contributed by atoms with van der Waals surface area (Å²) >= 11 is 0. The molecule has 9 heteroatoms. The Morgan fingerprint density at radius 3 is 2.39 bits per heavy atom. The molecule has 0 radical (unpaired) electrons. The van der Waals surface area contributed by atoms with E-state index in [0.29, 0.717) is 10.7 Å². The Kier molecular flexibility index (Phi) is 3.97. The van der Waals surface area contributed by atoms with Gasteiger partial charge in [-0.1, -0.05) is 0 Å². The predicted octanol–water partition coefficient (Wildman–Crippen LogP) is 2.61. The van der Waals surface area contributed by atoms with Crippen molar-refractivity contribution in [3.63, 3.8) is 0 Å². The smallest absolute Gasteiger partial charge is 0.433 e. The molecule has 0 spiro atoms. The molecule has 0 bridgehead atoms. The molecule has 1 heterocycles. The number of halogens is 4. The Balaban J connectivity index is 2.74. The molecular weight excluding hydrogens is 320 g/mol. The highest BCUT2D eigenvalue weighted by Gasteiger charge is 2.34. The van der Waals surface area contributed by atoms with Crippen molar-refractivity contribution >= 4 is 5.97 Å². The summed E-state index contributed by atoms with van der Waals surface area (Å²) in [6, 6.07) is 2.06. The van der Waals surface area contributed by atoms with Crippen LogP contribution >= 0.6 is 0 Å². The Morgan fingerprint density at radius 1 is 1.26 bits per heavy atom. The fourth-order valence-corrected chi connectivity index (χ4v) is 2.08. The second-order valence-corrected chi connectivity index (χ2v) is 4.82. The molecule has 0 atom stereocenters. The van der Waals surface area contributed by atoms with Crippen LogP contribution in [0.25, 0.3) is 11.3 Å². The number of rotatable bonds is 2. The first-order valence-electron chi connectivity index (χ1n) is 6.21. The highest BCUT2D eigenvalue weighted by Crippen LogP contribution is 2.29. The van der Waals surface area contributed by atoms with Crippen LogP contribution in [-0.4, -0.2) is 20.9 Å². The molecule has 1 aromatic carbocycles. The quantitative estimate of drug-likeness (QED) is 0.859. The monoisotopic (exact) mass is 330 g/mol. The topological polar surface area (TPSA) is 72.2 Å². The number of aryl methyl sites for hydroxylation is 2. The van der Waals surface area contributed by atoms with Crippen LogP contribution in [0.1, 0.15) is 21.6 Å². The minimum absolute atomic E-state index is 0.113. The van der Waals surface area contributed by atoms with Crippen molar-refractivity contribution in [3.05, 3.63) is 51.1 Å². The van der Waals surface area contributed by atoms with Gasteiger partial charge in [0.05, 0.1) is 5.56 Å². The number of hydrogen-bond donors (Lipinski definition) is 1. The second kappa shape index (κ2) is 5.49. The van der Waals surface area contributed by atoms with Crippen LogP contribution in [0.5, 0.6) is 0 Å². The number of carboxylic acid groups (broad SMARTS) is 1. The molecule has 0 saturated carbocycles. The first-order chi connectivity index (χ1) is 10.5. The number of alkyl halides is 3. The van der Waals surface area contributed by atoms with Crippen molar-refractivity contribution in [3.8, 4) is 11.3 Å². The molecule has 2 aromatic rings. The number of hydrogen-bond acceptors (Lipinski definition) is 3. The third-order valence-corrected chi connectivity index (χ3v) is 3.19. The largest absolute Gasteiger partial charge is 0.478 e. The van der Waals surface area contributed by atoms with Crippen LogP contribution < -0.4 is 5.43 Å². The first-order valence-corrected chi connectivity index (χ1v) is 6.21. The van der Waals surface area contributed by atoms with Crippen molar-refractivity contribution in [2.45, 2.75) is 13.1 Å². The molecule has 2 rings (SSSR count). The highest BCUT2D eigenvalue weighted by molar-refractivity contribution is 5.91. The maximum atomic E-state index is 14.0. The number of aromatic carboxylic acids is 1. The number of aromatic nitrogens is 2. The molecule has 0 aliphatic carbocycles. The average molecular weight is 330 g/mol. The number of benzene rings is 1. The number of nitrogens with zero attached hydrogens (tertiary/aromatic N) is 2. The van der Waals surface area contributed by atoms with E-state index < -0.39 is 40.3 Å². The van der Waals surface area contributed by atoms with E-state index in [0.717, 1.165) is 19.2 Å². The van der Waals surface area contributed by atoms with Gasteiger partial charge >= 0.3 is 12.1 Å². The van der Waals surface area contributed by atoms with E-state index in [9.17, 15) is 27.2 Å². The van der Waals surface area contributed by atoms with Gasteiger partial charge in [-0.2, -0.15) is 18.3 Å². The Bertz CT molecular complexity index is 856. The van der Waals surface area contributed by atoms with E-state index in [1.807, 2.05) is 0 Å². The molecule has 0 amide bonds. The average Bonchev–Trinajstić information content (AvgIpc) is 2.39. The first kappa shape index (κ1) is 16.7. The third-order valence-electron chi connectivity index (χ3n) is 3.19. The Morgan fingerprint density at radius 2 is 1.87 bits per heavy atom. The molecule has 0 unspecified atom stereocenters. The summed E-state index contributed by atoms with van der Waals surface area (Å²) in [7, 11) is 0.954. The third kappa shape index (κ3) is 3.08. The predicted molar refractivity (Wildman–Crippen MR) is 71.6 cm³/mol. The van der Waals surface area contributed by atoms with E-state index in [2.05, 4.69) is 5.10 Å². The molecular formula is C14H10F4N2O3. The van der Waals surface area contributed by atoms with Crippen molar-refractivity contribution in [1.29, 1.82) is 0 Å². The van der Waals surface area contributed by atoms with Crippen molar-refractivity contribution in [2.24, 2.45) is 7.05 Å². The maximum absolute atomic E-state index is 14.0. The highest BCUT2D eigenvalue weighted by atomic mass is 19.4. The van der Waals surface area contributed by atoms with Crippen molar-refractivity contribution < 1.29 is 27.5 Å². The van der Waals surface area contributed by atoms with Crippen LogP contribution in [0.15, 0.2) is 23.0 Å². The summed E-state index contributed by atoms with van der Waals surface area (Å²) in [6.45, 7) is 1.36. The van der Waals surface area contributed by atoms with E-state index in [1.54, 1.807) is 0 Å². The summed E-state index contributed by atoms with van der Waals surface area (Å²) in [6.07, 6.45) is -4.79. The van der Waals surface area contributed by atoms with E-state index >= 15 is 0 Å². The lowest BCUT2D eigenvalue weighted by Crippen LogP contribution is -2.23. The van der Waals surface area contributed by atoms with Crippen LogP contribution in [0.2, 0.25) is 0 Å². The molecule has 0 fully saturated rings. The van der Waals surface area contributed by atoms with Gasteiger partial charge in [0.25, 0.3) is 0 Å². The van der Waals surface area contributed by atoms with E-state index in [-0.39, 0.29) is 11.1 Å². The van der Waals surface area contributed by atoms with Gasteiger partial charge in [0.15, 0.2) is 0 Å². The Hall–Kier alpha value is -2.71. The summed E-state index contributed by atoms with van der Waals surface area (Å²) in [5.41, 5.74) is -3.68. The van der Waals surface area contributed by atoms with Gasteiger partial charge in [-0.05, 0) is 24.6 Å². The van der Waals surface area contributed by atoms with Crippen molar-refractivity contribution in [1.82, 2.24) is 9.78 Å². The van der Waals surface area contributed by atoms with Gasteiger partial charge in [-0.15, -0.1) is 0 Å². The SMILES string of the molecule is Cc1cc(F)c(-c2nn(C)c(C(F)(F)F)cc2=O)cc1C(=O)O. The van der Waals surface area contributed by atoms with Crippen LogP contribution in [0.3, 0.4) is 0 Å². The summed E-state index contributed by atoms with van der Waals surface area (Å²) in [4.78, 5) is 22.9. The molecule has 23 heavy (non-hydrogen) atoms. The standard InChI is InChI=1S/C14H10F4N2O3/c1-6-3-9(15)8(4-7(6)13(22)23)12-10(21)5-11(14(16,17)18)20(2)19-12/h3-5H,1-2H3,(H,22,23). The lowest BCUT2D eigenvalue weighted by atomic mass is 10.0. The van der Waals surface area contributed by atoms with Crippen LogP contribution in [0.4, 0.5) is 17.6 Å². The van der Waals surface area contributed by atoms with Crippen LogP contribution in [0, 0.1) is 12.7 Å². The lowest BCUT2D eigenvalue weighted by molar-refractivity contribution is -0.144. The minimum atomic E-state index is -4.79. The zero-order valence-electron chi connectivity index (χ0n) is 11.9. The lowest BCUT2D eigenvalue weighted by Gasteiger charge is -2.13. The normalized spacial score (nSPS) is 11.6. The van der Waals surface area contributed by atoms with Gasteiger partial charge < -0.3 is 5.11 Å². The summed E-state index contributed by atoms with van der Waals surface area (Å²) in [5, 5.41) is 12.5. The van der Waals surface area contributed by atoms with Crippen LogP contribution in [-0.2, 0) is 13.2 Å². The molecule has 5 nitrogen and oxygen atoms in total. The van der Waals surface area contributed by atoms with Gasteiger partial charge in [-0.3, -0.25) is 9.48 Å². The van der Waals surface area contributed by atoms with Gasteiger partial charge in [0.2, 0.25) is 5.43 Å². The second-order valence-electron chi connectivity index (χ2n) is 4.82. The molecule has 0 saturated heterocycles. The molecule has 1 N–H and O–H groups in total. The number of carbonyl (C=O) groups is 1. The summed E-state index contributed by atoms with van der Waals surface area (Å²) in [5.74, 6) is -2.30. The van der Waals surface area contributed by atoms with Gasteiger partial charge in [-0.25, -0.2) is 9.18 Å². The Labute approximate surface area is 126 Å². The summed E-state index contributed by atoms with van der Waals surface area (Å²) < 4.78 is 52.6. The number of carboxylic acids is 1. The van der Waals surface area contributed by atoms with Gasteiger partial charge in [0.1, 0.15) is 17.2 Å². The molecule has 0 aliphatic heterocycles.